The monoisotopic (exact) mass is 369 g/mol. The highest BCUT2D eigenvalue weighted by molar-refractivity contribution is 7.99. The van der Waals surface area contributed by atoms with Gasteiger partial charge in [0.2, 0.25) is 11.1 Å². The zero-order chi connectivity index (χ0) is 18.4. The molecule has 134 valence electrons. The van der Waals surface area contributed by atoms with Crippen molar-refractivity contribution in [2.24, 2.45) is 0 Å². The van der Waals surface area contributed by atoms with Crippen LogP contribution in [0.3, 0.4) is 0 Å². The summed E-state index contributed by atoms with van der Waals surface area (Å²) in [6, 6.07) is 15.3. The largest absolute Gasteiger partial charge is 0.495 e. The minimum atomic E-state index is -0.157. The number of nitrogens with zero attached hydrogens (tertiary/aromatic N) is 4. The van der Waals surface area contributed by atoms with E-state index in [1.807, 2.05) is 36.4 Å². The van der Waals surface area contributed by atoms with E-state index in [0.29, 0.717) is 16.6 Å². The molecule has 0 aliphatic heterocycles. The van der Waals surface area contributed by atoms with Gasteiger partial charge in [-0.05, 0) is 46.7 Å². The summed E-state index contributed by atoms with van der Waals surface area (Å²) in [7, 11) is 1.57. The predicted molar refractivity (Wildman–Crippen MR) is 101 cm³/mol. The number of methoxy groups -OCH3 is 1. The van der Waals surface area contributed by atoms with E-state index in [4.69, 9.17) is 4.74 Å². The van der Waals surface area contributed by atoms with Crippen LogP contribution in [-0.2, 0) is 11.2 Å². The van der Waals surface area contributed by atoms with Crippen molar-refractivity contribution in [3.05, 3.63) is 54.1 Å². The Morgan fingerprint density at radius 1 is 1.19 bits per heavy atom. The van der Waals surface area contributed by atoms with E-state index in [-0.39, 0.29) is 11.7 Å². The van der Waals surface area contributed by atoms with Crippen molar-refractivity contribution in [2.75, 3.05) is 18.2 Å². The van der Waals surface area contributed by atoms with Crippen LogP contribution in [0.5, 0.6) is 5.75 Å². The Morgan fingerprint density at radius 2 is 1.96 bits per heavy atom. The molecule has 1 amide bonds. The van der Waals surface area contributed by atoms with E-state index in [2.05, 4.69) is 27.8 Å². The average molecular weight is 369 g/mol. The molecule has 7 nitrogen and oxygen atoms in total. The fourth-order valence-corrected chi connectivity index (χ4v) is 3.06. The van der Waals surface area contributed by atoms with Crippen LogP contribution in [0.25, 0.3) is 5.69 Å². The number of amides is 1. The van der Waals surface area contributed by atoms with Crippen LogP contribution in [0.1, 0.15) is 12.5 Å². The Balaban J connectivity index is 1.65. The summed E-state index contributed by atoms with van der Waals surface area (Å²) in [6.07, 6.45) is 0.973. The molecule has 0 saturated carbocycles. The maximum absolute atomic E-state index is 12.2. The third kappa shape index (κ3) is 4.20. The molecule has 26 heavy (non-hydrogen) atoms. The summed E-state index contributed by atoms with van der Waals surface area (Å²) in [4.78, 5) is 12.2. The third-order valence-electron chi connectivity index (χ3n) is 3.74. The van der Waals surface area contributed by atoms with Gasteiger partial charge < -0.3 is 10.1 Å². The van der Waals surface area contributed by atoms with Crippen LogP contribution < -0.4 is 10.1 Å². The first-order valence-electron chi connectivity index (χ1n) is 8.14. The molecule has 1 N–H and O–H groups in total. The Labute approximate surface area is 155 Å². The van der Waals surface area contributed by atoms with Crippen molar-refractivity contribution in [3.63, 3.8) is 0 Å². The molecule has 0 fully saturated rings. The standard InChI is InChI=1S/C18H19N5O2S/c1-3-13-8-10-14(11-9-13)23-18(20-21-22-23)26-12-17(24)19-15-6-4-5-7-16(15)25-2/h4-11H,3,12H2,1-2H3,(H,19,24). The first kappa shape index (κ1) is 17.9. The zero-order valence-electron chi connectivity index (χ0n) is 14.5. The summed E-state index contributed by atoms with van der Waals surface area (Å²) in [6.45, 7) is 2.10. The molecule has 0 spiro atoms. The molecule has 0 aliphatic carbocycles. The van der Waals surface area contributed by atoms with Crippen molar-refractivity contribution in [3.8, 4) is 11.4 Å². The summed E-state index contributed by atoms with van der Waals surface area (Å²) in [5, 5.41) is 15.1. The fraction of sp³-hybridized carbons (Fsp3) is 0.222. The van der Waals surface area contributed by atoms with Gasteiger partial charge in [0.1, 0.15) is 5.75 Å². The van der Waals surface area contributed by atoms with Crippen LogP contribution in [0.15, 0.2) is 53.7 Å². The lowest BCUT2D eigenvalue weighted by Crippen LogP contribution is -2.15. The van der Waals surface area contributed by atoms with Crippen LogP contribution in [0, 0.1) is 0 Å². The number of rotatable bonds is 7. The van der Waals surface area contributed by atoms with E-state index >= 15 is 0 Å². The second-order valence-corrected chi connectivity index (χ2v) is 6.37. The smallest absolute Gasteiger partial charge is 0.234 e. The fourth-order valence-electron chi connectivity index (χ4n) is 2.37. The molecular formula is C18H19N5O2S. The quantitative estimate of drug-likeness (QED) is 0.645. The third-order valence-corrected chi connectivity index (χ3v) is 4.66. The van der Waals surface area contributed by atoms with Gasteiger partial charge in [-0.15, -0.1) is 5.10 Å². The molecule has 0 aliphatic rings. The number of aromatic nitrogens is 4. The number of benzene rings is 2. The van der Waals surface area contributed by atoms with E-state index in [0.717, 1.165) is 12.1 Å². The maximum atomic E-state index is 12.2. The summed E-state index contributed by atoms with van der Waals surface area (Å²) in [5.74, 6) is 0.646. The number of thioether (sulfide) groups is 1. The second-order valence-electron chi connectivity index (χ2n) is 5.43. The summed E-state index contributed by atoms with van der Waals surface area (Å²) in [5.41, 5.74) is 2.74. The van der Waals surface area contributed by atoms with Gasteiger partial charge in [-0.3, -0.25) is 4.79 Å². The molecule has 3 rings (SSSR count). The van der Waals surface area contributed by atoms with Crippen LogP contribution >= 0.6 is 11.8 Å². The zero-order valence-corrected chi connectivity index (χ0v) is 15.4. The molecule has 2 aromatic carbocycles. The van der Waals surface area contributed by atoms with Gasteiger partial charge in [0.25, 0.3) is 0 Å². The van der Waals surface area contributed by atoms with E-state index in [1.54, 1.807) is 23.9 Å². The number of para-hydroxylation sites is 2. The average Bonchev–Trinajstić information content (AvgIpc) is 3.15. The highest BCUT2D eigenvalue weighted by atomic mass is 32.2. The molecule has 0 radical (unpaired) electrons. The summed E-state index contributed by atoms with van der Waals surface area (Å²) >= 11 is 1.27. The Morgan fingerprint density at radius 3 is 2.69 bits per heavy atom. The van der Waals surface area contributed by atoms with Gasteiger partial charge in [0.15, 0.2) is 0 Å². The Bertz CT molecular complexity index is 879. The lowest BCUT2D eigenvalue weighted by atomic mass is 10.1. The molecule has 0 saturated heterocycles. The number of anilines is 1. The first-order chi connectivity index (χ1) is 12.7. The molecule has 0 unspecified atom stereocenters. The van der Waals surface area contributed by atoms with Crippen LogP contribution in [0.4, 0.5) is 5.69 Å². The number of tetrazole rings is 1. The van der Waals surface area contributed by atoms with Crippen molar-refractivity contribution in [1.29, 1.82) is 0 Å². The van der Waals surface area contributed by atoms with Gasteiger partial charge in [0, 0.05) is 0 Å². The topological polar surface area (TPSA) is 81.9 Å². The number of carbonyl (C=O) groups excluding carboxylic acids is 1. The lowest BCUT2D eigenvalue weighted by molar-refractivity contribution is -0.113. The van der Waals surface area contributed by atoms with Crippen molar-refractivity contribution in [1.82, 2.24) is 20.2 Å². The second kappa shape index (κ2) is 8.48. The van der Waals surface area contributed by atoms with Gasteiger partial charge in [-0.1, -0.05) is 43.0 Å². The van der Waals surface area contributed by atoms with Crippen molar-refractivity contribution in [2.45, 2.75) is 18.5 Å². The van der Waals surface area contributed by atoms with E-state index in [9.17, 15) is 4.79 Å². The van der Waals surface area contributed by atoms with Crippen molar-refractivity contribution >= 4 is 23.4 Å². The summed E-state index contributed by atoms with van der Waals surface area (Å²) < 4.78 is 6.86. The molecule has 8 heteroatoms. The molecular weight excluding hydrogens is 350 g/mol. The van der Waals surface area contributed by atoms with Crippen molar-refractivity contribution < 1.29 is 9.53 Å². The highest BCUT2D eigenvalue weighted by Crippen LogP contribution is 2.24. The van der Waals surface area contributed by atoms with Gasteiger partial charge in [0.05, 0.1) is 24.2 Å². The molecule has 0 bridgehead atoms. The number of aryl methyl sites for hydroxylation is 1. The molecule has 3 aromatic rings. The SMILES string of the molecule is CCc1ccc(-n2nnnc2SCC(=O)Nc2ccccc2OC)cc1. The number of hydrogen-bond acceptors (Lipinski definition) is 6. The predicted octanol–water partition coefficient (Wildman–Crippen LogP) is 2.96. The molecule has 1 heterocycles. The normalized spacial score (nSPS) is 10.5. The van der Waals surface area contributed by atoms with Crippen LogP contribution in [0.2, 0.25) is 0 Å². The first-order valence-corrected chi connectivity index (χ1v) is 9.13. The van der Waals surface area contributed by atoms with Gasteiger partial charge in [-0.2, -0.15) is 4.68 Å². The number of hydrogen-bond donors (Lipinski definition) is 1. The van der Waals surface area contributed by atoms with E-state index in [1.165, 1.54) is 17.3 Å². The maximum Gasteiger partial charge on any atom is 0.234 e. The molecule has 1 aromatic heterocycles. The van der Waals surface area contributed by atoms with Gasteiger partial charge in [-0.25, -0.2) is 0 Å². The minimum absolute atomic E-state index is 0.157. The van der Waals surface area contributed by atoms with Crippen LogP contribution in [-0.4, -0.2) is 39.0 Å². The minimum Gasteiger partial charge on any atom is -0.495 e. The number of ether oxygens (including phenoxy) is 1. The Hall–Kier alpha value is -2.87. The number of carbonyl (C=O) groups is 1. The number of nitrogens with one attached hydrogen (secondary N) is 1. The van der Waals surface area contributed by atoms with E-state index < -0.39 is 0 Å². The molecule has 0 atom stereocenters. The lowest BCUT2D eigenvalue weighted by Gasteiger charge is -2.09. The highest BCUT2D eigenvalue weighted by Gasteiger charge is 2.13. The van der Waals surface area contributed by atoms with Gasteiger partial charge >= 0.3 is 0 Å². The Kier molecular flexibility index (Phi) is 5.85.